The zero-order chi connectivity index (χ0) is 18.3. The van der Waals surface area contributed by atoms with Crippen molar-refractivity contribution in [3.8, 4) is 0 Å². The highest BCUT2D eigenvalue weighted by molar-refractivity contribution is 7.99. The average Bonchev–Trinajstić information content (AvgIpc) is 3.20. The highest BCUT2D eigenvalue weighted by Gasteiger charge is 2.17. The molecule has 10 heteroatoms. The molecule has 6 nitrogen and oxygen atoms in total. The lowest BCUT2D eigenvalue weighted by molar-refractivity contribution is -0.113. The summed E-state index contributed by atoms with van der Waals surface area (Å²) in [6.07, 6.45) is 0. The second-order valence-electron chi connectivity index (χ2n) is 5.33. The molecule has 4 rings (SSSR count). The number of aromatic nitrogens is 4. The number of halogens is 3. The Balaban J connectivity index is 1.52. The molecule has 0 bridgehead atoms. The highest BCUT2D eigenvalue weighted by Crippen LogP contribution is 2.24. The van der Waals surface area contributed by atoms with Crippen LogP contribution in [0, 0.1) is 17.5 Å². The van der Waals surface area contributed by atoms with Crippen molar-refractivity contribution >= 4 is 40.2 Å². The van der Waals surface area contributed by atoms with Crippen LogP contribution in [0.1, 0.15) is 0 Å². The molecule has 26 heavy (non-hydrogen) atoms. The Hall–Kier alpha value is -3.01. The largest absolute Gasteiger partial charge is 0.323 e. The summed E-state index contributed by atoms with van der Waals surface area (Å²) in [6.45, 7) is 0. The number of rotatable bonds is 4. The van der Waals surface area contributed by atoms with E-state index in [4.69, 9.17) is 0 Å². The van der Waals surface area contributed by atoms with Crippen LogP contribution in [0.25, 0.3) is 16.8 Å². The number of benzene rings is 2. The zero-order valence-corrected chi connectivity index (χ0v) is 13.8. The topological polar surface area (TPSA) is 75.1 Å². The first-order valence-corrected chi connectivity index (χ1v) is 8.41. The molecule has 4 aromatic rings. The van der Waals surface area contributed by atoms with Crippen molar-refractivity contribution < 1.29 is 18.0 Å². The van der Waals surface area contributed by atoms with E-state index in [1.165, 1.54) is 0 Å². The predicted octanol–water partition coefficient (Wildman–Crippen LogP) is 3.36. The standard InChI is InChI=1S/C16H10F3N5OS/c17-8-5-6-10(14(19)13(8)18)20-12(25)7-26-16-23-22-15-21-9-3-1-2-4-11(9)24(15)16/h1-6H,7H2,(H,20,25)(H,21,22). The Bertz CT molecular complexity index is 1140. The number of aromatic amines is 1. The summed E-state index contributed by atoms with van der Waals surface area (Å²) in [7, 11) is 0. The van der Waals surface area contributed by atoms with Crippen LogP contribution < -0.4 is 5.32 Å². The maximum atomic E-state index is 13.6. The number of thioether (sulfide) groups is 1. The van der Waals surface area contributed by atoms with Gasteiger partial charge in [-0.25, -0.2) is 23.3 Å². The van der Waals surface area contributed by atoms with E-state index in [1.54, 1.807) is 4.40 Å². The quantitative estimate of drug-likeness (QED) is 0.422. The van der Waals surface area contributed by atoms with Crippen LogP contribution in [0.2, 0.25) is 0 Å². The lowest BCUT2D eigenvalue weighted by atomic mass is 10.3. The van der Waals surface area contributed by atoms with E-state index in [1.807, 2.05) is 24.3 Å². The van der Waals surface area contributed by atoms with Crippen LogP contribution >= 0.6 is 11.8 Å². The SMILES string of the molecule is O=C(CSc1n[nH]c2nc3ccccc3n12)Nc1ccc(F)c(F)c1F. The van der Waals surface area contributed by atoms with Crippen LogP contribution in [-0.2, 0) is 4.79 Å². The molecule has 132 valence electrons. The molecule has 1 amide bonds. The Morgan fingerprint density at radius 1 is 1.15 bits per heavy atom. The van der Waals surface area contributed by atoms with Gasteiger partial charge in [-0.3, -0.25) is 9.20 Å². The number of H-pyrrole nitrogens is 1. The van der Waals surface area contributed by atoms with E-state index in [-0.39, 0.29) is 5.75 Å². The first-order chi connectivity index (χ1) is 12.5. The molecule has 0 aliphatic carbocycles. The molecular formula is C16H10F3N5OS. The van der Waals surface area contributed by atoms with Crippen molar-refractivity contribution in [1.29, 1.82) is 0 Å². The summed E-state index contributed by atoms with van der Waals surface area (Å²) >= 11 is 1.09. The third-order valence-electron chi connectivity index (χ3n) is 3.65. The third-order valence-corrected chi connectivity index (χ3v) is 4.58. The Labute approximate surface area is 148 Å². The molecular weight excluding hydrogens is 367 g/mol. The summed E-state index contributed by atoms with van der Waals surface area (Å²) in [6, 6.07) is 9.15. The average molecular weight is 377 g/mol. The van der Waals surface area contributed by atoms with Gasteiger partial charge in [0.1, 0.15) is 0 Å². The molecule has 2 heterocycles. The van der Waals surface area contributed by atoms with Gasteiger partial charge >= 0.3 is 0 Å². The number of amides is 1. The van der Waals surface area contributed by atoms with Crippen molar-refractivity contribution in [2.24, 2.45) is 0 Å². The van der Waals surface area contributed by atoms with Crippen molar-refractivity contribution in [3.63, 3.8) is 0 Å². The smallest absolute Gasteiger partial charge is 0.234 e. The molecule has 0 saturated heterocycles. The number of fused-ring (bicyclic) bond motifs is 3. The molecule has 0 aliphatic heterocycles. The summed E-state index contributed by atoms with van der Waals surface area (Å²) in [5, 5.41) is 9.58. The lowest BCUT2D eigenvalue weighted by Gasteiger charge is -2.06. The van der Waals surface area contributed by atoms with E-state index in [0.717, 1.165) is 34.9 Å². The van der Waals surface area contributed by atoms with Crippen molar-refractivity contribution in [3.05, 3.63) is 53.8 Å². The monoisotopic (exact) mass is 377 g/mol. The van der Waals surface area contributed by atoms with Gasteiger partial charge in [-0.1, -0.05) is 23.9 Å². The maximum Gasteiger partial charge on any atom is 0.234 e. The summed E-state index contributed by atoms with van der Waals surface area (Å²) < 4.78 is 41.5. The summed E-state index contributed by atoms with van der Waals surface area (Å²) in [4.78, 5) is 16.4. The number of para-hydroxylation sites is 2. The normalized spacial score (nSPS) is 11.3. The number of anilines is 1. The Kier molecular flexibility index (Phi) is 4.03. The van der Waals surface area contributed by atoms with Gasteiger partial charge in [0.15, 0.2) is 22.6 Å². The fourth-order valence-electron chi connectivity index (χ4n) is 2.48. The Morgan fingerprint density at radius 3 is 2.81 bits per heavy atom. The van der Waals surface area contributed by atoms with Gasteiger partial charge in [0.05, 0.1) is 22.5 Å². The second kappa shape index (κ2) is 6.37. The van der Waals surface area contributed by atoms with Crippen molar-refractivity contribution in [2.45, 2.75) is 5.16 Å². The molecule has 0 fully saturated rings. The number of hydrogen-bond donors (Lipinski definition) is 2. The van der Waals surface area contributed by atoms with E-state index in [9.17, 15) is 18.0 Å². The summed E-state index contributed by atoms with van der Waals surface area (Å²) in [5.74, 6) is -4.55. The van der Waals surface area contributed by atoms with Crippen LogP contribution in [0.5, 0.6) is 0 Å². The number of imidazole rings is 1. The van der Waals surface area contributed by atoms with Gasteiger partial charge in [0, 0.05) is 0 Å². The predicted molar refractivity (Wildman–Crippen MR) is 90.5 cm³/mol. The van der Waals surface area contributed by atoms with Gasteiger partial charge in [-0.05, 0) is 24.3 Å². The molecule has 2 aromatic carbocycles. The number of carbonyl (C=O) groups is 1. The summed E-state index contributed by atoms with van der Waals surface area (Å²) in [5.41, 5.74) is 1.18. The molecule has 0 aliphatic rings. The van der Waals surface area contributed by atoms with E-state index >= 15 is 0 Å². The van der Waals surface area contributed by atoms with Gasteiger partial charge in [-0.2, -0.15) is 0 Å². The molecule has 2 N–H and O–H groups in total. The Morgan fingerprint density at radius 2 is 1.96 bits per heavy atom. The molecule has 0 saturated carbocycles. The minimum atomic E-state index is -1.63. The van der Waals surface area contributed by atoms with E-state index < -0.39 is 29.0 Å². The minimum absolute atomic E-state index is 0.106. The first-order valence-electron chi connectivity index (χ1n) is 7.42. The van der Waals surface area contributed by atoms with Gasteiger partial charge < -0.3 is 5.32 Å². The van der Waals surface area contributed by atoms with Gasteiger partial charge in [0.2, 0.25) is 11.7 Å². The number of nitrogens with one attached hydrogen (secondary N) is 2. The molecule has 0 atom stereocenters. The van der Waals surface area contributed by atoms with Gasteiger partial charge in [-0.15, -0.1) is 5.10 Å². The zero-order valence-electron chi connectivity index (χ0n) is 13.0. The van der Waals surface area contributed by atoms with E-state index in [2.05, 4.69) is 20.5 Å². The fraction of sp³-hybridized carbons (Fsp3) is 0.0625. The molecule has 0 spiro atoms. The number of carbonyl (C=O) groups excluding carboxylic acids is 1. The molecule has 0 radical (unpaired) electrons. The minimum Gasteiger partial charge on any atom is -0.323 e. The van der Waals surface area contributed by atoms with Gasteiger partial charge in [0.25, 0.3) is 0 Å². The van der Waals surface area contributed by atoms with Crippen molar-refractivity contribution in [2.75, 3.05) is 11.1 Å². The lowest BCUT2D eigenvalue weighted by Crippen LogP contribution is -2.16. The van der Waals surface area contributed by atoms with Crippen LogP contribution in [0.15, 0.2) is 41.6 Å². The van der Waals surface area contributed by atoms with Crippen LogP contribution in [-0.4, -0.2) is 31.2 Å². The molecule has 2 aromatic heterocycles. The maximum absolute atomic E-state index is 13.6. The van der Waals surface area contributed by atoms with Crippen LogP contribution in [0.4, 0.5) is 18.9 Å². The van der Waals surface area contributed by atoms with Crippen molar-refractivity contribution in [1.82, 2.24) is 19.6 Å². The fourth-order valence-corrected chi connectivity index (χ4v) is 3.23. The first kappa shape index (κ1) is 16.5. The highest BCUT2D eigenvalue weighted by atomic mass is 32.2. The third kappa shape index (κ3) is 2.77. The van der Waals surface area contributed by atoms with E-state index in [0.29, 0.717) is 10.9 Å². The number of hydrogen-bond acceptors (Lipinski definition) is 4. The second-order valence-corrected chi connectivity index (χ2v) is 6.27. The number of nitrogens with zero attached hydrogens (tertiary/aromatic N) is 3. The van der Waals surface area contributed by atoms with Crippen LogP contribution in [0.3, 0.4) is 0 Å². The molecule has 0 unspecified atom stereocenters.